The predicted molar refractivity (Wildman–Crippen MR) is 140 cm³/mol. The van der Waals surface area contributed by atoms with Crippen LogP contribution in [0.25, 0.3) is 10.9 Å². The Bertz CT molecular complexity index is 1450. The number of nitrogens with zero attached hydrogens (tertiary/aromatic N) is 1. The first-order chi connectivity index (χ1) is 18.1. The van der Waals surface area contributed by atoms with E-state index < -0.39 is 22.7 Å². The highest BCUT2D eigenvalue weighted by molar-refractivity contribution is 7.89. The van der Waals surface area contributed by atoms with Crippen LogP contribution in [0, 0.1) is 11.8 Å². The third kappa shape index (κ3) is 6.53. The smallest absolute Gasteiger partial charge is 0.406 e. The van der Waals surface area contributed by atoms with Crippen LogP contribution in [0.1, 0.15) is 18.5 Å². The fraction of sp³-hybridized carbons (Fsp3) is 0.385. The Kier molecular flexibility index (Phi) is 8.40. The maximum atomic E-state index is 13.5. The Hall–Kier alpha value is -3.40. The molecule has 2 aromatic carbocycles. The molecule has 0 radical (unpaired) electrons. The topological polar surface area (TPSA) is 93.6 Å². The van der Waals surface area contributed by atoms with Gasteiger partial charge < -0.3 is 24.7 Å². The zero-order valence-electron chi connectivity index (χ0n) is 21.0. The van der Waals surface area contributed by atoms with Gasteiger partial charge in [0.25, 0.3) is 0 Å². The van der Waals surface area contributed by atoms with Crippen molar-refractivity contribution in [3.63, 3.8) is 0 Å². The van der Waals surface area contributed by atoms with Gasteiger partial charge in [-0.25, -0.2) is 13.1 Å². The van der Waals surface area contributed by atoms with Crippen molar-refractivity contribution in [1.82, 2.24) is 9.29 Å². The van der Waals surface area contributed by atoms with E-state index >= 15 is 0 Å². The van der Waals surface area contributed by atoms with Crippen LogP contribution in [0.15, 0.2) is 47.4 Å². The van der Waals surface area contributed by atoms with Gasteiger partial charge in [-0.15, -0.1) is 0 Å². The summed E-state index contributed by atoms with van der Waals surface area (Å²) in [5.41, 5.74) is 1.94. The van der Waals surface area contributed by atoms with Crippen molar-refractivity contribution in [2.75, 3.05) is 44.5 Å². The third-order valence-corrected chi connectivity index (χ3v) is 7.61. The first kappa shape index (κ1) is 27.6. The lowest BCUT2D eigenvalue weighted by atomic mass is 10.1. The fourth-order valence-electron chi connectivity index (χ4n) is 4.30. The van der Waals surface area contributed by atoms with E-state index in [9.17, 15) is 21.6 Å². The zero-order chi connectivity index (χ0) is 27.3. The van der Waals surface area contributed by atoms with Crippen LogP contribution in [0.3, 0.4) is 0 Å². The SMILES string of the molecule is CNS(=O)(=O)c1ccc(NCC#Cc2cc3c(NC4CCOCC4)cccc3n2CC(F)(F)F)c(OC)c1. The summed E-state index contributed by atoms with van der Waals surface area (Å²) < 4.78 is 78.6. The predicted octanol–water partition coefficient (Wildman–Crippen LogP) is 4.17. The van der Waals surface area contributed by atoms with Gasteiger partial charge in [0, 0.05) is 36.4 Å². The molecule has 1 aliphatic rings. The van der Waals surface area contributed by atoms with Crippen molar-refractivity contribution in [3.05, 3.63) is 48.2 Å². The summed E-state index contributed by atoms with van der Waals surface area (Å²) in [4.78, 5) is 0.0373. The molecule has 12 heteroatoms. The average molecular weight is 551 g/mol. The number of benzene rings is 2. The van der Waals surface area contributed by atoms with E-state index in [0.29, 0.717) is 29.8 Å². The molecule has 38 heavy (non-hydrogen) atoms. The second-order valence-electron chi connectivity index (χ2n) is 8.73. The van der Waals surface area contributed by atoms with Gasteiger partial charge in [0.2, 0.25) is 10.0 Å². The lowest BCUT2D eigenvalue weighted by Gasteiger charge is -2.24. The van der Waals surface area contributed by atoms with Crippen LogP contribution in [0.2, 0.25) is 0 Å². The van der Waals surface area contributed by atoms with Crippen LogP contribution in [0.5, 0.6) is 5.75 Å². The number of fused-ring (bicyclic) bond motifs is 1. The minimum absolute atomic E-state index is 0.0373. The fourth-order valence-corrected chi connectivity index (χ4v) is 5.05. The number of halogens is 3. The Labute approximate surface area is 219 Å². The number of sulfonamides is 1. The van der Waals surface area contributed by atoms with E-state index in [1.807, 2.05) is 6.07 Å². The Balaban J connectivity index is 1.59. The molecule has 0 aliphatic carbocycles. The molecule has 2 heterocycles. The van der Waals surface area contributed by atoms with Crippen molar-refractivity contribution in [2.45, 2.75) is 36.5 Å². The molecular formula is C26H29F3N4O4S. The molecule has 1 saturated heterocycles. The number of aromatic nitrogens is 1. The molecule has 0 amide bonds. The van der Waals surface area contributed by atoms with Crippen molar-refractivity contribution in [2.24, 2.45) is 0 Å². The van der Waals surface area contributed by atoms with Crippen LogP contribution < -0.4 is 20.1 Å². The zero-order valence-corrected chi connectivity index (χ0v) is 21.8. The van der Waals surface area contributed by atoms with Crippen molar-refractivity contribution < 1.29 is 31.1 Å². The Morgan fingerprint density at radius 2 is 1.89 bits per heavy atom. The van der Waals surface area contributed by atoms with E-state index in [2.05, 4.69) is 27.2 Å². The van der Waals surface area contributed by atoms with Crippen LogP contribution in [-0.2, 0) is 21.3 Å². The highest BCUT2D eigenvalue weighted by atomic mass is 32.2. The number of methoxy groups -OCH3 is 1. The van der Waals surface area contributed by atoms with E-state index in [1.165, 1.54) is 30.9 Å². The Morgan fingerprint density at radius 1 is 1.13 bits per heavy atom. The summed E-state index contributed by atoms with van der Waals surface area (Å²) in [5.74, 6) is 6.03. The number of anilines is 2. The molecule has 204 valence electrons. The van der Waals surface area contributed by atoms with Gasteiger partial charge in [0.1, 0.15) is 12.3 Å². The first-order valence-corrected chi connectivity index (χ1v) is 13.5. The standard InChI is InChI=1S/C26H29F3N4O4S/c1-30-38(34,35)20-8-9-23(25(16-20)36-2)31-12-4-5-19-15-21-22(32-18-10-13-37-14-11-18)6-3-7-24(21)33(19)17-26(27,28)29/h3,6-9,15-16,18,30-32H,10-14,17H2,1-2H3. The molecule has 3 N–H and O–H groups in total. The number of nitrogens with one attached hydrogen (secondary N) is 3. The van der Waals surface area contributed by atoms with Gasteiger partial charge in [-0.3, -0.25) is 0 Å². The first-order valence-electron chi connectivity index (χ1n) is 12.0. The average Bonchev–Trinajstić information content (AvgIpc) is 3.23. The third-order valence-electron chi connectivity index (χ3n) is 6.20. The van der Waals surface area contributed by atoms with Crippen LogP contribution in [0.4, 0.5) is 24.5 Å². The lowest BCUT2D eigenvalue weighted by molar-refractivity contribution is -0.140. The minimum Gasteiger partial charge on any atom is -0.495 e. The lowest BCUT2D eigenvalue weighted by Crippen LogP contribution is -2.27. The summed E-state index contributed by atoms with van der Waals surface area (Å²) in [6.45, 7) is 0.218. The molecule has 8 nitrogen and oxygen atoms in total. The number of alkyl halides is 3. The van der Waals surface area contributed by atoms with E-state index in [4.69, 9.17) is 9.47 Å². The highest BCUT2D eigenvalue weighted by Crippen LogP contribution is 2.31. The van der Waals surface area contributed by atoms with E-state index in [0.717, 1.165) is 18.5 Å². The molecule has 4 rings (SSSR count). The molecule has 0 spiro atoms. The largest absolute Gasteiger partial charge is 0.495 e. The molecule has 3 aromatic rings. The van der Waals surface area contributed by atoms with Crippen molar-refractivity contribution in [3.8, 4) is 17.6 Å². The molecule has 0 atom stereocenters. The maximum absolute atomic E-state index is 13.5. The number of rotatable bonds is 8. The molecule has 0 bridgehead atoms. The summed E-state index contributed by atoms with van der Waals surface area (Å²) in [6.07, 6.45) is -2.78. The van der Waals surface area contributed by atoms with E-state index in [-0.39, 0.29) is 28.9 Å². The van der Waals surface area contributed by atoms with Gasteiger partial charge in [0.05, 0.1) is 35.4 Å². The normalized spacial score (nSPS) is 14.7. The number of ether oxygens (including phenoxy) is 2. The summed E-state index contributed by atoms with van der Waals surface area (Å²) in [7, 11) is -0.929. The maximum Gasteiger partial charge on any atom is 0.406 e. The number of hydrogen-bond donors (Lipinski definition) is 3. The summed E-state index contributed by atoms with van der Waals surface area (Å²) >= 11 is 0. The minimum atomic E-state index is -4.42. The molecule has 0 unspecified atom stereocenters. The molecule has 1 aromatic heterocycles. The van der Waals surface area contributed by atoms with Crippen molar-refractivity contribution in [1.29, 1.82) is 0 Å². The van der Waals surface area contributed by atoms with Crippen LogP contribution >= 0.6 is 0 Å². The molecule has 1 aliphatic heterocycles. The van der Waals surface area contributed by atoms with Gasteiger partial charge >= 0.3 is 6.18 Å². The second-order valence-corrected chi connectivity index (χ2v) is 10.6. The second kappa shape index (κ2) is 11.6. The quantitative estimate of drug-likeness (QED) is 0.365. The molecule has 0 saturated carbocycles. The van der Waals surface area contributed by atoms with Gasteiger partial charge in [0.15, 0.2) is 0 Å². The van der Waals surface area contributed by atoms with E-state index in [1.54, 1.807) is 24.3 Å². The van der Waals surface area contributed by atoms with Crippen LogP contribution in [-0.4, -0.2) is 59.1 Å². The summed E-state index contributed by atoms with van der Waals surface area (Å²) in [5, 5.41) is 7.15. The molecular weight excluding hydrogens is 521 g/mol. The highest BCUT2D eigenvalue weighted by Gasteiger charge is 2.30. The van der Waals surface area contributed by atoms with Gasteiger partial charge in [-0.1, -0.05) is 12.0 Å². The Morgan fingerprint density at radius 3 is 2.58 bits per heavy atom. The van der Waals surface area contributed by atoms with Crippen molar-refractivity contribution >= 4 is 32.3 Å². The summed E-state index contributed by atoms with van der Waals surface area (Å²) in [6, 6.07) is 11.4. The monoisotopic (exact) mass is 550 g/mol. The molecule has 1 fully saturated rings. The van der Waals surface area contributed by atoms with Gasteiger partial charge in [-0.05, 0) is 56.1 Å². The number of hydrogen-bond acceptors (Lipinski definition) is 6. The van der Waals surface area contributed by atoms with Gasteiger partial charge in [-0.2, -0.15) is 13.2 Å².